The van der Waals surface area contributed by atoms with Crippen molar-refractivity contribution in [1.29, 1.82) is 0 Å². The molecule has 0 atom stereocenters. The van der Waals surface area contributed by atoms with Gasteiger partial charge in [0.15, 0.2) is 11.0 Å². The van der Waals surface area contributed by atoms with Crippen LogP contribution in [0.2, 0.25) is 0 Å². The van der Waals surface area contributed by atoms with Crippen molar-refractivity contribution in [2.24, 2.45) is 0 Å². The molecule has 260 valence electrons. The van der Waals surface area contributed by atoms with E-state index in [9.17, 15) is 22.4 Å². The van der Waals surface area contributed by atoms with Gasteiger partial charge in [-0.1, -0.05) is 60.3 Å². The third-order valence-corrected chi connectivity index (χ3v) is 10.5. The molecule has 0 bridgehead atoms. The highest BCUT2D eigenvalue weighted by Gasteiger charge is 2.30. The Morgan fingerprint density at radius 3 is 2.02 bits per heavy atom. The number of hydrogen-bond acceptors (Lipinski definition) is 7. The van der Waals surface area contributed by atoms with Gasteiger partial charge in [0.1, 0.15) is 11.6 Å². The molecule has 1 aliphatic heterocycles. The highest BCUT2D eigenvalue weighted by Crippen LogP contribution is 2.31. The van der Waals surface area contributed by atoms with Crippen molar-refractivity contribution in [3.63, 3.8) is 0 Å². The van der Waals surface area contributed by atoms with Gasteiger partial charge in [-0.25, -0.2) is 4.39 Å². The second-order valence-electron chi connectivity index (χ2n) is 12.9. The molecule has 3 aromatic carbocycles. The van der Waals surface area contributed by atoms with E-state index in [1.54, 1.807) is 12.1 Å². The molecule has 0 amide bonds. The Balaban J connectivity index is 1.19. The van der Waals surface area contributed by atoms with Crippen molar-refractivity contribution in [2.75, 3.05) is 33.2 Å². The van der Waals surface area contributed by atoms with Crippen LogP contribution in [0, 0.1) is 5.82 Å². The maximum absolute atomic E-state index is 13.5. The molecule has 1 aliphatic carbocycles. The number of thioether (sulfide) groups is 1. The molecule has 2 aromatic heterocycles. The molecule has 50 heavy (non-hydrogen) atoms. The van der Waals surface area contributed by atoms with E-state index in [0.717, 1.165) is 90.7 Å². The number of fused-ring (bicyclic) bond motifs is 1. The van der Waals surface area contributed by atoms with Gasteiger partial charge >= 0.3 is 6.18 Å². The maximum atomic E-state index is 13.5. The first-order chi connectivity index (χ1) is 24.1. The van der Waals surface area contributed by atoms with Crippen LogP contribution in [-0.4, -0.2) is 67.3 Å². The first-order valence-corrected chi connectivity index (χ1v) is 17.7. The Morgan fingerprint density at radius 2 is 1.36 bits per heavy atom. The van der Waals surface area contributed by atoms with Gasteiger partial charge < -0.3 is 14.0 Å². The van der Waals surface area contributed by atoms with Crippen LogP contribution in [0.15, 0.2) is 82.7 Å². The Morgan fingerprint density at radius 1 is 0.740 bits per heavy atom. The van der Waals surface area contributed by atoms with Crippen molar-refractivity contribution in [3.05, 3.63) is 129 Å². The average molecular weight is 704 g/mol. The molecule has 0 N–H and O–H groups in total. The molecule has 8 nitrogen and oxygen atoms in total. The normalized spacial score (nSPS) is 15.5. The monoisotopic (exact) mass is 703 g/mol. The van der Waals surface area contributed by atoms with Crippen LogP contribution < -0.4 is 5.56 Å². The summed E-state index contributed by atoms with van der Waals surface area (Å²) >= 11 is 1.45. The highest BCUT2D eigenvalue weighted by molar-refractivity contribution is 7.98. The van der Waals surface area contributed by atoms with Crippen LogP contribution in [-0.2, 0) is 44.4 Å². The van der Waals surface area contributed by atoms with Gasteiger partial charge in [0.2, 0.25) is 0 Å². The van der Waals surface area contributed by atoms with E-state index >= 15 is 0 Å². The number of likely N-dealkylation sites (N-methyl/N-ethyl adjacent to an activating group) is 1. The molecule has 0 radical (unpaired) electrons. The molecule has 1 saturated heterocycles. The third kappa shape index (κ3) is 7.69. The summed E-state index contributed by atoms with van der Waals surface area (Å²) in [4.78, 5) is 22.3. The van der Waals surface area contributed by atoms with Gasteiger partial charge in [0, 0.05) is 43.2 Å². The lowest BCUT2D eigenvalue weighted by Gasteiger charge is -2.32. The summed E-state index contributed by atoms with van der Waals surface area (Å²) < 4.78 is 57.1. The van der Waals surface area contributed by atoms with Crippen LogP contribution in [0.5, 0.6) is 0 Å². The SMILES string of the molecule is CN1CCN(Cc2nnc(Cn3c(SCc4ccc(F)cc4)nc(=O)c4c3CCC4)n2Cc2ccc(-c3ccc(C(F)(F)F)cc3)cc2)CC1. The van der Waals surface area contributed by atoms with Gasteiger partial charge in [-0.2, -0.15) is 18.2 Å². The predicted octanol–water partition coefficient (Wildman–Crippen LogP) is 6.28. The van der Waals surface area contributed by atoms with Crippen molar-refractivity contribution < 1.29 is 17.6 Å². The Bertz CT molecular complexity index is 2000. The lowest BCUT2D eigenvalue weighted by molar-refractivity contribution is -0.137. The summed E-state index contributed by atoms with van der Waals surface area (Å²) in [6.45, 7) is 5.28. The minimum Gasteiger partial charge on any atom is -0.316 e. The summed E-state index contributed by atoms with van der Waals surface area (Å²) in [6.07, 6.45) is -2.04. The van der Waals surface area contributed by atoms with Crippen LogP contribution in [0.25, 0.3) is 11.1 Å². The number of hydrogen-bond donors (Lipinski definition) is 0. The average Bonchev–Trinajstić information content (AvgIpc) is 3.75. The van der Waals surface area contributed by atoms with E-state index in [4.69, 9.17) is 5.10 Å². The molecular formula is C37H37F4N7OS. The third-order valence-electron chi connectivity index (χ3n) is 9.49. The minimum absolute atomic E-state index is 0.194. The van der Waals surface area contributed by atoms with Gasteiger partial charge in [0.25, 0.3) is 5.56 Å². The Kier molecular flexibility index (Phi) is 9.89. The largest absolute Gasteiger partial charge is 0.416 e. The summed E-state index contributed by atoms with van der Waals surface area (Å²) in [5.74, 6) is 1.80. The Hall–Kier alpha value is -4.33. The van der Waals surface area contributed by atoms with Crippen molar-refractivity contribution in [2.45, 2.75) is 56.0 Å². The Labute approximate surface area is 291 Å². The second-order valence-corrected chi connectivity index (χ2v) is 13.9. The lowest BCUT2D eigenvalue weighted by atomic mass is 10.0. The molecule has 0 unspecified atom stereocenters. The summed E-state index contributed by atoms with van der Waals surface area (Å²) in [5, 5.41) is 9.98. The number of halogens is 4. The fraction of sp³-hybridized carbons (Fsp3) is 0.351. The number of rotatable bonds is 10. The summed E-state index contributed by atoms with van der Waals surface area (Å²) in [5.41, 5.74) is 4.30. The van der Waals surface area contributed by atoms with Crippen molar-refractivity contribution >= 4 is 11.8 Å². The summed E-state index contributed by atoms with van der Waals surface area (Å²) in [6, 6.07) is 19.3. The quantitative estimate of drug-likeness (QED) is 0.0963. The van der Waals surface area contributed by atoms with Crippen LogP contribution in [0.3, 0.4) is 0 Å². The zero-order chi connectivity index (χ0) is 34.8. The molecule has 13 heteroatoms. The zero-order valence-electron chi connectivity index (χ0n) is 27.7. The highest BCUT2D eigenvalue weighted by atomic mass is 32.2. The number of aromatic nitrogens is 5. The van der Waals surface area contributed by atoms with Gasteiger partial charge in [0.05, 0.1) is 25.2 Å². The standard InChI is InChI=1S/C37H37F4N7OS/c1-45-17-19-46(20-18-45)22-33-43-44-34(48(33)21-25-5-9-27(10-6-25)28-11-13-29(14-12-28)37(39,40)41)23-47-32-4-2-3-31(32)35(49)42-36(47)50-24-26-7-15-30(38)16-8-26/h5-16H,2-4,17-24H2,1H3. The zero-order valence-corrected chi connectivity index (χ0v) is 28.5. The molecule has 0 spiro atoms. The smallest absolute Gasteiger partial charge is 0.316 e. The summed E-state index contributed by atoms with van der Waals surface area (Å²) in [7, 11) is 2.12. The topological polar surface area (TPSA) is 72.1 Å². The van der Waals surface area contributed by atoms with Crippen LogP contribution in [0.1, 0.15) is 46.0 Å². The fourth-order valence-corrected chi connectivity index (χ4v) is 7.53. The van der Waals surface area contributed by atoms with E-state index in [1.165, 1.54) is 36.0 Å². The molecule has 0 saturated carbocycles. The molecular weight excluding hydrogens is 667 g/mol. The van der Waals surface area contributed by atoms with Crippen molar-refractivity contribution in [1.82, 2.24) is 34.1 Å². The van der Waals surface area contributed by atoms with Crippen LogP contribution >= 0.6 is 11.8 Å². The van der Waals surface area contributed by atoms with E-state index in [1.807, 2.05) is 24.3 Å². The fourth-order valence-electron chi connectivity index (χ4n) is 6.56. The number of nitrogens with zero attached hydrogens (tertiary/aromatic N) is 7. The van der Waals surface area contributed by atoms with E-state index in [2.05, 4.69) is 36.1 Å². The lowest BCUT2D eigenvalue weighted by Crippen LogP contribution is -2.44. The first-order valence-electron chi connectivity index (χ1n) is 16.7. The molecule has 3 heterocycles. The molecule has 7 rings (SSSR count). The number of benzene rings is 3. The number of alkyl halides is 3. The van der Waals surface area contributed by atoms with Crippen LogP contribution in [0.4, 0.5) is 17.6 Å². The van der Waals surface area contributed by atoms with E-state index < -0.39 is 11.7 Å². The van der Waals surface area contributed by atoms with Gasteiger partial charge in [-0.05, 0) is 72.8 Å². The van der Waals surface area contributed by atoms with Gasteiger partial charge in [-0.15, -0.1) is 10.2 Å². The molecule has 1 fully saturated rings. The molecule has 5 aromatic rings. The van der Waals surface area contributed by atoms with Crippen molar-refractivity contribution in [3.8, 4) is 11.1 Å². The predicted molar refractivity (Wildman–Crippen MR) is 184 cm³/mol. The second kappa shape index (κ2) is 14.5. The minimum atomic E-state index is -4.38. The van der Waals surface area contributed by atoms with Gasteiger partial charge in [-0.3, -0.25) is 9.69 Å². The molecule has 2 aliphatic rings. The first kappa shape index (κ1) is 34.1. The number of piperazine rings is 1. The van der Waals surface area contributed by atoms with E-state index in [0.29, 0.717) is 42.5 Å². The maximum Gasteiger partial charge on any atom is 0.416 e. The van der Waals surface area contributed by atoms with E-state index in [-0.39, 0.29) is 11.4 Å².